The molecule has 26 heavy (non-hydrogen) atoms. The van der Waals surface area contributed by atoms with Crippen molar-refractivity contribution in [1.29, 1.82) is 0 Å². The van der Waals surface area contributed by atoms with Crippen LogP contribution in [0.25, 0.3) is 11.3 Å². The van der Waals surface area contributed by atoms with Crippen molar-refractivity contribution in [3.8, 4) is 11.3 Å². The highest BCUT2D eigenvalue weighted by Crippen LogP contribution is 2.25. The van der Waals surface area contributed by atoms with Gasteiger partial charge in [-0.05, 0) is 44.6 Å². The average Bonchev–Trinajstić information content (AvgIpc) is 3.30. The van der Waals surface area contributed by atoms with Crippen LogP contribution in [-0.4, -0.2) is 40.6 Å². The lowest BCUT2D eigenvalue weighted by atomic mass is 10.1. The van der Waals surface area contributed by atoms with Gasteiger partial charge >= 0.3 is 0 Å². The molecule has 3 rings (SSSR count). The van der Waals surface area contributed by atoms with Crippen molar-refractivity contribution in [3.05, 3.63) is 42.1 Å². The highest BCUT2D eigenvalue weighted by atomic mass is 16.2. The third-order valence-electron chi connectivity index (χ3n) is 5.34. The molecule has 2 atom stereocenters. The number of unbranched alkanes of at least 4 members (excludes halogenated alkanes) is 2. The van der Waals surface area contributed by atoms with Gasteiger partial charge in [0.05, 0.1) is 5.69 Å². The number of amides is 1. The molecule has 140 valence electrons. The summed E-state index contributed by atoms with van der Waals surface area (Å²) in [5.41, 5.74) is 9.23. The molecule has 1 aliphatic carbocycles. The number of carbonyl (C=O) groups is 1. The van der Waals surface area contributed by atoms with Gasteiger partial charge in [-0.1, -0.05) is 36.8 Å². The van der Waals surface area contributed by atoms with E-state index in [4.69, 9.17) is 5.73 Å². The molecule has 1 amide bonds. The van der Waals surface area contributed by atoms with E-state index in [-0.39, 0.29) is 17.9 Å². The number of benzene rings is 1. The van der Waals surface area contributed by atoms with E-state index in [1.807, 2.05) is 30.1 Å². The summed E-state index contributed by atoms with van der Waals surface area (Å²) >= 11 is 0. The van der Waals surface area contributed by atoms with Crippen molar-refractivity contribution in [2.75, 3.05) is 13.6 Å². The standard InChI is InChI=1S/C21H30N4O/c1-25(21(26)17-11-12-18(22)14-17)13-7-3-6-10-19-15-20(24-23-19)16-8-4-2-5-9-16/h2,4-5,8-9,15,17-18H,3,6-7,10-14,22H2,1H3,(H,23,24). The number of aromatic amines is 1. The van der Waals surface area contributed by atoms with Crippen molar-refractivity contribution < 1.29 is 4.79 Å². The second kappa shape index (κ2) is 8.99. The lowest BCUT2D eigenvalue weighted by molar-refractivity contribution is -0.134. The molecule has 1 aromatic carbocycles. The molecule has 3 N–H and O–H groups in total. The Hall–Kier alpha value is -2.14. The van der Waals surface area contributed by atoms with E-state index < -0.39 is 0 Å². The second-order valence-corrected chi connectivity index (χ2v) is 7.48. The third kappa shape index (κ3) is 4.94. The van der Waals surface area contributed by atoms with Gasteiger partial charge in [0.25, 0.3) is 0 Å². The van der Waals surface area contributed by atoms with Gasteiger partial charge in [0.1, 0.15) is 0 Å². The minimum Gasteiger partial charge on any atom is -0.346 e. The van der Waals surface area contributed by atoms with Crippen LogP contribution in [0.15, 0.2) is 36.4 Å². The Labute approximate surface area is 156 Å². The molecule has 0 radical (unpaired) electrons. The van der Waals surface area contributed by atoms with E-state index in [9.17, 15) is 4.79 Å². The number of rotatable bonds is 8. The predicted molar refractivity (Wildman–Crippen MR) is 105 cm³/mol. The van der Waals surface area contributed by atoms with Gasteiger partial charge in [-0.2, -0.15) is 5.10 Å². The highest BCUT2D eigenvalue weighted by Gasteiger charge is 2.29. The minimum absolute atomic E-state index is 0.149. The Morgan fingerprint density at radius 2 is 2.04 bits per heavy atom. The topological polar surface area (TPSA) is 75.0 Å². The molecule has 1 aliphatic rings. The summed E-state index contributed by atoms with van der Waals surface area (Å²) in [6, 6.07) is 12.6. The molecule has 5 nitrogen and oxygen atoms in total. The fourth-order valence-corrected chi connectivity index (χ4v) is 3.75. The number of nitrogens with one attached hydrogen (secondary N) is 1. The van der Waals surface area contributed by atoms with Crippen molar-refractivity contribution in [2.24, 2.45) is 11.7 Å². The molecule has 0 spiro atoms. The van der Waals surface area contributed by atoms with Crippen molar-refractivity contribution >= 4 is 5.91 Å². The van der Waals surface area contributed by atoms with Gasteiger partial charge in [0.15, 0.2) is 0 Å². The van der Waals surface area contributed by atoms with Crippen LogP contribution in [0, 0.1) is 5.92 Å². The maximum absolute atomic E-state index is 12.4. The van der Waals surface area contributed by atoms with Crippen LogP contribution in [0.1, 0.15) is 44.2 Å². The van der Waals surface area contributed by atoms with Crippen LogP contribution in [0.4, 0.5) is 0 Å². The van der Waals surface area contributed by atoms with Crippen molar-refractivity contribution in [2.45, 2.75) is 51.0 Å². The largest absolute Gasteiger partial charge is 0.346 e. The lowest BCUT2D eigenvalue weighted by Crippen LogP contribution is -2.33. The van der Waals surface area contributed by atoms with E-state index in [2.05, 4.69) is 28.4 Å². The first kappa shape index (κ1) is 18.6. The summed E-state index contributed by atoms with van der Waals surface area (Å²) in [6.07, 6.45) is 7.05. The van der Waals surface area contributed by atoms with E-state index in [0.717, 1.165) is 62.7 Å². The Morgan fingerprint density at radius 3 is 2.77 bits per heavy atom. The van der Waals surface area contributed by atoms with Gasteiger partial charge in [-0.3, -0.25) is 9.89 Å². The lowest BCUT2D eigenvalue weighted by Gasteiger charge is -2.21. The maximum Gasteiger partial charge on any atom is 0.225 e. The second-order valence-electron chi connectivity index (χ2n) is 7.48. The zero-order valence-electron chi connectivity index (χ0n) is 15.7. The number of H-pyrrole nitrogens is 1. The van der Waals surface area contributed by atoms with Gasteiger partial charge in [-0.15, -0.1) is 0 Å². The number of hydrogen-bond acceptors (Lipinski definition) is 3. The van der Waals surface area contributed by atoms with Gasteiger partial charge in [-0.25, -0.2) is 0 Å². The molecule has 2 aromatic rings. The number of nitrogens with zero attached hydrogens (tertiary/aromatic N) is 2. The zero-order valence-corrected chi connectivity index (χ0v) is 15.7. The molecule has 1 fully saturated rings. The quantitative estimate of drug-likeness (QED) is 0.714. The molecular formula is C21H30N4O. The summed E-state index contributed by atoms with van der Waals surface area (Å²) in [7, 11) is 1.92. The maximum atomic E-state index is 12.4. The summed E-state index contributed by atoms with van der Waals surface area (Å²) in [5, 5.41) is 7.54. The first-order chi connectivity index (χ1) is 12.6. The summed E-state index contributed by atoms with van der Waals surface area (Å²) in [6.45, 7) is 0.836. The summed E-state index contributed by atoms with van der Waals surface area (Å²) in [5.74, 6) is 0.426. The first-order valence-corrected chi connectivity index (χ1v) is 9.73. The molecule has 1 aromatic heterocycles. The van der Waals surface area contributed by atoms with Crippen LogP contribution in [0.2, 0.25) is 0 Å². The Balaban J connectivity index is 1.34. The normalized spacial score (nSPS) is 19.6. The van der Waals surface area contributed by atoms with E-state index in [1.54, 1.807) is 0 Å². The summed E-state index contributed by atoms with van der Waals surface area (Å²) < 4.78 is 0. The van der Waals surface area contributed by atoms with E-state index >= 15 is 0 Å². The average molecular weight is 354 g/mol. The molecule has 0 saturated heterocycles. The number of aryl methyl sites for hydroxylation is 1. The summed E-state index contributed by atoms with van der Waals surface area (Å²) in [4.78, 5) is 14.3. The SMILES string of the molecule is CN(CCCCCc1cc(-c2ccccc2)n[nH]1)C(=O)C1CCC(N)C1. The molecular weight excluding hydrogens is 324 g/mol. The van der Waals surface area contributed by atoms with Crippen LogP contribution in [-0.2, 0) is 11.2 Å². The Kier molecular flexibility index (Phi) is 6.45. The molecule has 0 aliphatic heterocycles. The van der Waals surface area contributed by atoms with Crippen LogP contribution in [0.5, 0.6) is 0 Å². The van der Waals surface area contributed by atoms with Gasteiger partial charge in [0.2, 0.25) is 5.91 Å². The van der Waals surface area contributed by atoms with Crippen LogP contribution in [0.3, 0.4) is 0 Å². The van der Waals surface area contributed by atoms with E-state index in [1.165, 1.54) is 5.69 Å². The van der Waals surface area contributed by atoms with Crippen LogP contribution >= 0.6 is 0 Å². The third-order valence-corrected chi connectivity index (χ3v) is 5.34. The first-order valence-electron chi connectivity index (χ1n) is 9.73. The molecule has 1 saturated carbocycles. The number of carbonyl (C=O) groups excluding carboxylic acids is 1. The Morgan fingerprint density at radius 1 is 1.23 bits per heavy atom. The molecule has 2 unspecified atom stereocenters. The molecule has 0 bridgehead atoms. The van der Waals surface area contributed by atoms with Crippen molar-refractivity contribution in [1.82, 2.24) is 15.1 Å². The predicted octanol–water partition coefficient (Wildman–Crippen LogP) is 3.38. The van der Waals surface area contributed by atoms with Gasteiger partial charge < -0.3 is 10.6 Å². The molecule has 5 heteroatoms. The number of hydrogen-bond donors (Lipinski definition) is 2. The highest BCUT2D eigenvalue weighted by molar-refractivity contribution is 5.78. The van der Waals surface area contributed by atoms with Crippen molar-refractivity contribution in [3.63, 3.8) is 0 Å². The number of nitrogens with two attached hydrogens (primary N) is 1. The Bertz CT molecular complexity index is 697. The molecule has 1 heterocycles. The monoisotopic (exact) mass is 354 g/mol. The zero-order chi connectivity index (χ0) is 18.4. The van der Waals surface area contributed by atoms with Gasteiger partial charge in [0, 0.05) is 36.8 Å². The smallest absolute Gasteiger partial charge is 0.225 e. The van der Waals surface area contributed by atoms with E-state index in [0.29, 0.717) is 0 Å². The minimum atomic E-state index is 0.149. The van der Waals surface area contributed by atoms with Crippen LogP contribution < -0.4 is 5.73 Å². The number of aromatic nitrogens is 2. The fraction of sp³-hybridized carbons (Fsp3) is 0.524. The fourth-order valence-electron chi connectivity index (χ4n) is 3.75.